The van der Waals surface area contributed by atoms with Gasteiger partial charge in [0.25, 0.3) is 0 Å². The van der Waals surface area contributed by atoms with Gasteiger partial charge in [-0.15, -0.1) is 0 Å². The number of aromatic nitrogens is 2. The molecule has 0 spiro atoms. The van der Waals surface area contributed by atoms with E-state index in [1.165, 1.54) is 6.92 Å². The molecule has 154 valence electrons. The van der Waals surface area contributed by atoms with Crippen LogP contribution in [-0.4, -0.2) is 28.9 Å². The summed E-state index contributed by atoms with van der Waals surface area (Å²) in [4.78, 5) is 19.9. The maximum atomic E-state index is 12.3. The van der Waals surface area contributed by atoms with Crippen LogP contribution in [0.4, 0.5) is 35.5 Å². The summed E-state index contributed by atoms with van der Waals surface area (Å²) < 4.78 is 46.3. The lowest BCUT2D eigenvalue weighted by molar-refractivity contribution is -0.164. The van der Waals surface area contributed by atoms with Crippen molar-refractivity contribution in [2.75, 3.05) is 23.4 Å². The minimum atomic E-state index is -4.70. The van der Waals surface area contributed by atoms with Crippen molar-refractivity contribution < 1.29 is 27.4 Å². The number of carbonyl (C=O) groups excluding carboxylic acids is 1. The van der Waals surface area contributed by atoms with Crippen molar-refractivity contribution in [1.82, 2.24) is 9.97 Å². The van der Waals surface area contributed by atoms with Crippen molar-refractivity contribution in [1.29, 1.82) is 0 Å². The molecule has 0 amide bonds. The number of alkyl halides is 3. The summed E-state index contributed by atoms with van der Waals surface area (Å²) in [6, 6.07) is 6.62. The topological polar surface area (TPSA) is 125 Å². The number of carbonyl (C=O) groups is 1. The molecule has 5 N–H and O–H groups in total. The highest BCUT2D eigenvalue weighted by Gasteiger charge is 2.37. The molecule has 29 heavy (non-hydrogen) atoms. The third-order valence-electron chi connectivity index (χ3n) is 3.98. The lowest BCUT2D eigenvalue weighted by Gasteiger charge is -2.30. The second-order valence-electron chi connectivity index (χ2n) is 6.05. The highest BCUT2D eigenvalue weighted by atomic mass is 35.5. The number of nitrogens with zero attached hydrogens (tertiary/aromatic N) is 2. The number of nitrogens with two attached hydrogens (primary N) is 2. The highest BCUT2D eigenvalue weighted by Crippen LogP contribution is 2.45. The Bertz CT molecular complexity index is 997. The van der Waals surface area contributed by atoms with Gasteiger partial charge < -0.3 is 26.3 Å². The molecule has 0 saturated carbocycles. The van der Waals surface area contributed by atoms with Crippen LogP contribution in [0, 0.1) is 0 Å². The molecule has 1 aromatic carbocycles. The largest absolute Gasteiger partial charge is 0.513 e. The zero-order valence-electron chi connectivity index (χ0n) is 14.9. The van der Waals surface area contributed by atoms with Gasteiger partial charge in [0, 0.05) is 5.02 Å². The molecule has 3 rings (SSSR count). The molecule has 1 aliphatic heterocycles. The fraction of sp³-hybridized carbons (Fsp3) is 0.235. The van der Waals surface area contributed by atoms with Crippen molar-refractivity contribution >= 4 is 35.3 Å². The predicted molar refractivity (Wildman–Crippen MR) is 99.0 cm³/mol. The monoisotopic (exact) mass is 429 g/mol. The van der Waals surface area contributed by atoms with Crippen LogP contribution in [0.5, 0.6) is 0 Å². The quantitative estimate of drug-likeness (QED) is 0.629. The molecule has 0 fully saturated rings. The van der Waals surface area contributed by atoms with Crippen LogP contribution in [0.15, 0.2) is 35.7 Å². The molecule has 1 aliphatic rings. The van der Waals surface area contributed by atoms with Crippen LogP contribution in [0.3, 0.4) is 0 Å². The number of nitrogen functional groups attached to an aromatic ring is 2. The molecule has 0 aliphatic carbocycles. The first kappa shape index (κ1) is 20.5. The number of fused-ring (bicyclic) bond motifs is 1. The van der Waals surface area contributed by atoms with Gasteiger partial charge in [0.05, 0.1) is 17.2 Å². The molecular weight excluding hydrogens is 415 g/mol. The minimum absolute atomic E-state index is 0.0119. The Morgan fingerprint density at radius 1 is 1.28 bits per heavy atom. The third kappa shape index (κ3) is 4.45. The molecule has 1 unspecified atom stereocenters. The normalized spacial score (nSPS) is 16.1. The molecule has 8 nitrogen and oxygen atoms in total. The average Bonchev–Trinajstić information content (AvgIpc) is 2.61. The van der Waals surface area contributed by atoms with E-state index < -0.39 is 24.9 Å². The van der Waals surface area contributed by atoms with Gasteiger partial charge in [-0.25, -0.2) is 4.79 Å². The van der Waals surface area contributed by atoms with Gasteiger partial charge in [-0.2, -0.15) is 23.1 Å². The summed E-state index contributed by atoms with van der Waals surface area (Å²) in [7, 11) is 0. The molecular formula is C17H15ClF3N5O3. The Morgan fingerprint density at radius 3 is 2.62 bits per heavy atom. The smallest absolute Gasteiger partial charge is 0.424 e. The van der Waals surface area contributed by atoms with Gasteiger partial charge in [-0.1, -0.05) is 29.8 Å². The summed E-state index contributed by atoms with van der Waals surface area (Å²) in [5.41, 5.74) is 12.7. The number of halogens is 4. The summed E-state index contributed by atoms with van der Waals surface area (Å²) in [5.74, 6) is -0.791. The van der Waals surface area contributed by atoms with Crippen molar-refractivity contribution in [2.24, 2.45) is 0 Å². The predicted octanol–water partition coefficient (Wildman–Crippen LogP) is 3.80. The Hall–Kier alpha value is -3.21. The Balaban J connectivity index is 2.06. The molecule has 2 aromatic rings. The second-order valence-corrected chi connectivity index (χ2v) is 6.46. The first-order valence-electron chi connectivity index (χ1n) is 8.13. The van der Waals surface area contributed by atoms with E-state index in [1.54, 1.807) is 24.3 Å². The lowest BCUT2D eigenvalue weighted by atomic mass is 9.87. The van der Waals surface area contributed by atoms with Crippen LogP contribution < -0.4 is 16.8 Å². The zero-order chi connectivity index (χ0) is 21.3. The van der Waals surface area contributed by atoms with Crippen molar-refractivity contribution in [3.63, 3.8) is 0 Å². The minimum Gasteiger partial charge on any atom is -0.424 e. The SMILES string of the molecule is CC1=C(OC(=O)OCC(F)(F)F)C(c2ccccc2Cl)c2c(N)nc(N)nc2N1. The van der Waals surface area contributed by atoms with Crippen LogP contribution in [0.2, 0.25) is 5.02 Å². The van der Waals surface area contributed by atoms with Gasteiger partial charge in [0.2, 0.25) is 5.95 Å². The number of rotatable bonds is 3. The standard InChI is InChI=1S/C17H15ClF3N5O3/c1-7-12(29-16(27)28-6-17(19,20)21)10(8-4-2-3-5-9(8)18)11-13(22)25-15(23)26-14(11)24-7/h2-5,10H,6H2,1H3,(H5,22,23,24,25,26). The number of nitrogens with one attached hydrogen (secondary N) is 1. The van der Waals surface area contributed by atoms with Gasteiger partial charge in [0.1, 0.15) is 17.4 Å². The van der Waals surface area contributed by atoms with Crippen molar-refractivity contribution in [3.8, 4) is 0 Å². The van der Waals surface area contributed by atoms with Crippen LogP contribution >= 0.6 is 11.6 Å². The average molecular weight is 430 g/mol. The summed E-state index contributed by atoms with van der Waals surface area (Å²) >= 11 is 6.31. The maximum Gasteiger partial charge on any atom is 0.513 e. The van der Waals surface area contributed by atoms with Crippen molar-refractivity contribution in [2.45, 2.75) is 19.0 Å². The highest BCUT2D eigenvalue weighted by molar-refractivity contribution is 6.31. The molecule has 1 atom stereocenters. The van der Waals surface area contributed by atoms with Crippen LogP contribution in [-0.2, 0) is 9.47 Å². The maximum absolute atomic E-state index is 12.3. The van der Waals surface area contributed by atoms with Gasteiger partial charge in [-0.05, 0) is 18.6 Å². The van der Waals surface area contributed by atoms with Gasteiger partial charge in [0.15, 0.2) is 6.61 Å². The van der Waals surface area contributed by atoms with E-state index in [4.69, 9.17) is 27.8 Å². The van der Waals surface area contributed by atoms with E-state index in [9.17, 15) is 18.0 Å². The van der Waals surface area contributed by atoms with Crippen LogP contribution in [0.1, 0.15) is 24.0 Å². The lowest BCUT2D eigenvalue weighted by Crippen LogP contribution is -2.26. The first-order chi connectivity index (χ1) is 13.6. The number of hydrogen-bond acceptors (Lipinski definition) is 8. The summed E-state index contributed by atoms with van der Waals surface area (Å²) in [5, 5.41) is 3.16. The summed E-state index contributed by atoms with van der Waals surface area (Å²) in [6.45, 7) is -0.256. The molecule has 0 radical (unpaired) electrons. The number of ether oxygens (including phenoxy) is 2. The fourth-order valence-electron chi connectivity index (χ4n) is 2.87. The van der Waals surface area contributed by atoms with E-state index >= 15 is 0 Å². The second kappa shape index (κ2) is 7.66. The van der Waals surface area contributed by atoms with E-state index in [2.05, 4.69) is 20.0 Å². The molecule has 2 heterocycles. The summed E-state index contributed by atoms with van der Waals surface area (Å²) in [6.07, 6.45) is -6.23. The Kier molecular flexibility index (Phi) is 5.42. The molecule has 1 aromatic heterocycles. The van der Waals surface area contributed by atoms with Gasteiger partial charge in [-0.3, -0.25) is 0 Å². The molecule has 12 heteroatoms. The van der Waals surface area contributed by atoms with Crippen molar-refractivity contribution in [3.05, 3.63) is 51.9 Å². The third-order valence-corrected chi connectivity index (χ3v) is 4.33. The number of allylic oxidation sites excluding steroid dienone is 2. The molecule has 0 bridgehead atoms. The Morgan fingerprint density at radius 2 is 1.97 bits per heavy atom. The number of hydrogen-bond donors (Lipinski definition) is 3. The van der Waals surface area contributed by atoms with Crippen LogP contribution in [0.25, 0.3) is 0 Å². The number of benzene rings is 1. The van der Waals surface area contributed by atoms with E-state index in [0.29, 0.717) is 16.1 Å². The zero-order valence-corrected chi connectivity index (χ0v) is 15.6. The van der Waals surface area contributed by atoms with E-state index in [1.807, 2.05) is 0 Å². The van der Waals surface area contributed by atoms with Gasteiger partial charge >= 0.3 is 12.3 Å². The van der Waals surface area contributed by atoms with E-state index in [0.717, 1.165) is 0 Å². The Labute approximate surface area is 167 Å². The number of anilines is 3. The fourth-order valence-corrected chi connectivity index (χ4v) is 3.12. The van der Waals surface area contributed by atoms with E-state index in [-0.39, 0.29) is 29.0 Å². The molecule has 0 saturated heterocycles. The first-order valence-corrected chi connectivity index (χ1v) is 8.51.